The lowest BCUT2D eigenvalue weighted by Crippen LogP contribution is -2.30. The fraction of sp³-hybridized carbons (Fsp3) is 0.911. The fourth-order valence-corrected chi connectivity index (χ4v) is 7.89. The number of unbranched alkanes of at least 4 members (excludes halogenated alkanes) is 20. The number of phosphoric acid groups is 2. The molecule has 0 aliphatic heterocycles. The van der Waals surface area contributed by atoms with Crippen molar-refractivity contribution in [2.75, 3.05) is 39.6 Å². The smallest absolute Gasteiger partial charge is 0.462 e. The molecule has 17 nitrogen and oxygen atoms in total. The van der Waals surface area contributed by atoms with Crippen molar-refractivity contribution in [3.05, 3.63) is 0 Å². The van der Waals surface area contributed by atoms with Crippen LogP contribution in [0.5, 0.6) is 0 Å². The first-order valence-electron chi connectivity index (χ1n) is 24.3. The number of hydrogen-bond acceptors (Lipinski definition) is 15. The molecule has 2 unspecified atom stereocenters. The Morgan fingerprint density at radius 2 is 0.656 bits per heavy atom. The predicted molar refractivity (Wildman–Crippen MR) is 243 cm³/mol. The maximum absolute atomic E-state index is 12.7. The maximum Gasteiger partial charge on any atom is 0.472 e. The van der Waals surface area contributed by atoms with E-state index < -0.39 is 97.5 Å². The largest absolute Gasteiger partial charge is 0.472 e. The van der Waals surface area contributed by atoms with Gasteiger partial charge in [0.1, 0.15) is 19.3 Å². The SMILES string of the molecule is CCCCCCCCCCCCCC(=O)O[C@H](COC(=O)CCC)COP(=O)(O)OC[C@H](O)COP(=O)(O)OC[C@@H](COC(=O)CCCCCCC)OC(=O)CCCCCCCCC. The number of rotatable bonds is 46. The maximum atomic E-state index is 12.7. The fourth-order valence-electron chi connectivity index (χ4n) is 6.31. The molecule has 0 heterocycles. The first-order valence-corrected chi connectivity index (χ1v) is 27.3. The van der Waals surface area contributed by atoms with E-state index in [1.165, 1.54) is 38.5 Å². The number of carbonyl (C=O) groups is 4. The molecule has 0 radical (unpaired) electrons. The summed E-state index contributed by atoms with van der Waals surface area (Å²) in [7, 11) is -9.81. The van der Waals surface area contributed by atoms with Gasteiger partial charge in [-0.1, -0.05) is 156 Å². The number of aliphatic hydroxyl groups excluding tert-OH is 1. The Bertz CT molecular complexity index is 1290. The molecule has 5 atom stereocenters. The molecule has 378 valence electrons. The third-order valence-corrected chi connectivity index (χ3v) is 12.0. The van der Waals surface area contributed by atoms with E-state index in [2.05, 4.69) is 20.8 Å². The number of aliphatic hydroxyl groups is 1. The van der Waals surface area contributed by atoms with Crippen LogP contribution in [0.2, 0.25) is 0 Å². The highest BCUT2D eigenvalue weighted by Gasteiger charge is 2.30. The number of esters is 4. The third kappa shape index (κ3) is 40.3. The van der Waals surface area contributed by atoms with Gasteiger partial charge in [0.2, 0.25) is 0 Å². The molecule has 0 rings (SSSR count). The molecule has 0 bridgehead atoms. The number of hydrogen-bond donors (Lipinski definition) is 3. The van der Waals surface area contributed by atoms with Gasteiger partial charge in [-0.15, -0.1) is 0 Å². The standard InChI is InChI=1S/C45H86O17P2/c1-5-9-12-15-17-18-19-20-22-25-28-32-44(49)61-40(35-55-42(47)29-8-4)37-59-63(51,52)57-33-39(46)34-58-64(53,54)60-38-41(36-56-43(48)30-26-23-14-11-7-3)62-45(50)31-27-24-21-16-13-10-6-2/h39-41,46H,5-38H2,1-4H3,(H,51,52)(H,53,54)/t39-,40+,41+/m0/s1. The van der Waals surface area contributed by atoms with E-state index in [1.807, 2.05) is 0 Å². The highest BCUT2D eigenvalue weighted by atomic mass is 31.2. The lowest BCUT2D eigenvalue weighted by atomic mass is 10.1. The molecule has 0 aliphatic carbocycles. The lowest BCUT2D eigenvalue weighted by Gasteiger charge is -2.21. The molecule has 19 heteroatoms. The van der Waals surface area contributed by atoms with Crippen molar-refractivity contribution in [2.45, 2.75) is 226 Å². The minimum absolute atomic E-state index is 0.102. The predicted octanol–water partition coefficient (Wildman–Crippen LogP) is 10.5. The molecule has 0 fully saturated rings. The summed E-state index contributed by atoms with van der Waals surface area (Å²) in [6, 6.07) is 0. The van der Waals surface area contributed by atoms with Gasteiger partial charge in [0.05, 0.1) is 26.4 Å². The van der Waals surface area contributed by atoms with E-state index in [0.717, 1.165) is 89.9 Å². The topological polar surface area (TPSA) is 237 Å². The van der Waals surface area contributed by atoms with E-state index in [9.17, 15) is 43.2 Å². The third-order valence-electron chi connectivity index (χ3n) is 10.1. The molecular formula is C45H86O17P2. The van der Waals surface area contributed by atoms with Crippen molar-refractivity contribution < 1.29 is 80.2 Å². The molecule has 0 amide bonds. The molecule has 64 heavy (non-hydrogen) atoms. The summed E-state index contributed by atoms with van der Waals surface area (Å²) in [6.07, 6.45) is 20.5. The van der Waals surface area contributed by atoms with Gasteiger partial charge in [-0.2, -0.15) is 0 Å². The number of phosphoric ester groups is 2. The number of carbonyl (C=O) groups excluding carboxylic acids is 4. The van der Waals surface area contributed by atoms with Crippen LogP contribution in [0.3, 0.4) is 0 Å². The van der Waals surface area contributed by atoms with Gasteiger partial charge in [0, 0.05) is 25.7 Å². The Balaban J connectivity index is 4.98. The first-order chi connectivity index (χ1) is 30.7. The van der Waals surface area contributed by atoms with Crippen molar-refractivity contribution in [2.24, 2.45) is 0 Å². The normalized spacial score (nSPS) is 14.8. The average Bonchev–Trinajstić information content (AvgIpc) is 3.25. The second-order valence-corrected chi connectivity index (χ2v) is 19.3. The van der Waals surface area contributed by atoms with Crippen molar-refractivity contribution in [3.8, 4) is 0 Å². The van der Waals surface area contributed by atoms with Crippen LogP contribution in [0.4, 0.5) is 0 Å². The Morgan fingerprint density at radius 1 is 0.375 bits per heavy atom. The minimum atomic E-state index is -4.91. The van der Waals surface area contributed by atoms with Crippen LogP contribution >= 0.6 is 15.6 Å². The molecule has 0 aromatic rings. The quantitative estimate of drug-likeness (QED) is 0.0222. The Labute approximate surface area is 384 Å². The molecule has 0 saturated heterocycles. The second kappa shape index (κ2) is 41.3. The summed E-state index contributed by atoms with van der Waals surface area (Å²) < 4.78 is 66.2. The van der Waals surface area contributed by atoms with E-state index in [-0.39, 0.29) is 25.7 Å². The Kier molecular flexibility index (Phi) is 40.0. The van der Waals surface area contributed by atoms with Crippen LogP contribution in [0, 0.1) is 0 Å². The molecule has 0 spiro atoms. The molecule has 3 N–H and O–H groups in total. The lowest BCUT2D eigenvalue weighted by molar-refractivity contribution is -0.161. The zero-order chi connectivity index (χ0) is 47.7. The van der Waals surface area contributed by atoms with Gasteiger partial charge in [-0.05, 0) is 25.7 Å². The molecular weight excluding hydrogens is 874 g/mol. The average molecular weight is 961 g/mol. The van der Waals surface area contributed by atoms with Crippen LogP contribution in [-0.2, 0) is 65.4 Å². The monoisotopic (exact) mass is 961 g/mol. The molecule has 0 aromatic carbocycles. The molecule has 0 aliphatic rings. The van der Waals surface area contributed by atoms with Crippen LogP contribution in [-0.4, -0.2) is 96.7 Å². The van der Waals surface area contributed by atoms with Gasteiger partial charge >= 0.3 is 39.5 Å². The summed E-state index contributed by atoms with van der Waals surface area (Å²) >= 11 is 0. The van der Waals surface area contributed by atoms with Gasteiger partial charge in [-0.25, -0.2) is 9.13 Å². The minimum Gasteiger partial charge on any atom is -0.462 e. The Hall–Kier alpha value is -1.94. The second-order valence-electron chi connectivity index (χ2n) is 16.4. The van der Waals surface area contributed by atoms with Crippen LogP contribution in [0.25, 0.3) is 0 Å². The van der Waals surface area contributed by atoms with E-state index in [1.54, 1.807) is 6.92 Å². The van der Waals surface area contributed by atoms with Crippen molar-refractivity contribution in [1.29, 1.82) is 0 Å². The zero-order valence-corrected chi connectivity index (χ0v) is 41.5. The van der Waals surface area contributed by atoms with Crippen LogP contribution < -0.4 is 0 Å². The van der Waals surface area contributed by atoms with Crippen molar-refractivity contribution >= 4 is 39.5 Å². The Morgan fingerprint density at radius 3 is 0.984 bits per heavy atom. The number of ether oxygens (including phenoxy) is 4. The summed E-state index contributed by atoms with van der Waals surface area (Å²) in [4.78, 5) is 70.0. The van der Waals surface area contributed by atoms with Gasteiger partial charge in [-0.3, -0.25) is 37.3 Å². The summed E-state index contributed by atoms with van der Waals surface area (Å²) in [5.41, 5.74) is 0. The molecule has 0 saturated carbocycles. The van der Waals surface area contributed by atoms with E-state index in [4.69, 9.17) is 37.0 Å². The van der Waals surface area contributed by atoms with Crippen molar-refractivity contribution in [1.82, 2.24) is 0 Å². The van der Waals surface area contributed by atoms with E-state index >= 15 is 0 Å². The molecule has 0 aromatic heterocycles. The zero-order valence-electron chi connectivity index (χ0n) is 39.7. The van der Waals surface area contributed by atoms with E-state index in [0.29, 0.717) is 25.7 Å². The highest BCUT2D eigenvalue weighted by molar-refractivity contribution is 7.47. The summed E-state index contributed by atoms with van der Waals surface area (Å²) in [5.74, 6) is -2.23. The first kappa shape index (κ1) is 62.1. The van der Waals surface area contributed by atoms with Crippen LogP contribution in [0.1, 0.15) is 207 Å². The van der Waals surface area contributed by atoms with Gasteiger partial charge in [0.25, 0.3) is 0 Å². The van der Waals surface area contributed by atoms with Gasteiger partial charge < -0.3 is 33.8 Å². The van der Waals surface area contributed by atoms with Crippen molar-refractivity contribution in [3.63, 3.8) is 0 Å². The highest BCUT2D eigenvalue weighted by Crippen LogP contribution is 2.45. The summed E-state index contributed by atoms with van der Waals surface area (Å²) in [6.45, 7) is 4.22. The van der Waals surface area contributed by atoms with Gasteiger partial charge in [0.15, 0.2) is 12.2 Å². The summed E-state index contributed by atoms with van der Waals surface area (Å²) in [5, 5.41) is 10.3. The van der Waals surface area contributed by atoms with Crippen LogP contribution in [0.15, 0.2) is 0 Å².